The summed E-state index contributed by atoms with van der Waals surface area (Å²) in [6.07, 6.45) is -2.04. The molecule has 5 heterocycles. The van der Waals surface area contributed by atoms with Crippen molar-refractivity contribution < 1.29 is 15.8 Å². The summed E-state index contributed by atoms with van der Waals surface area (Å²) in [6.45, 7) is -4.30. The molecule has 156 valence electrons. The first kappa shape index (κ1) is 12.3. The molecule has 0 radical (unpaired) electrons. The normalized spacial score (nSPS) is 24.1. The average Bonchev–Trinajstić information content (AvgIpc) is 3.23. The van der Waals surface area contributed by atoms with E-state index in [2.05, 4.69) is 15.0 Å². The Morgan fingerprint density at radius 3 is 2.71 bits per heavy atom. The molecule has 1 aliphatic heterocycles. The highest BCUT2D eigenvalue weighted by molar-refractivity contribution is 5.98. The molecule has 0 N–H and O–H groups in total. The fourth-order valence-corrected chi connectivity index (χ4v) is 3.33. The van der Waals surface area contributed by atoms with Crippen LogP contribution in [0.3, 0.4) is 0 Å². The molecule has 7 heteroatoms. The number of rotatable bonds is 5. The third-order valence-electron chi connectivity index (χ3n) is 5.15. The fraction of sp³-hybridized carbons (Fsp3) is 0.292. The minimum atomic E-state index is -3.21. The van der Waals surface area contributed by atoms with Gasteiger partial charge in [0.15, 0.2) is 5.78 Å². The van der Waals surface area contributed by atoms with Crippen molar-refractivity contribution in [2.75, 3.05) is 17.9 Å². The Morgan fingerprint density at radius 1 is 1.10 bits per heavy atom. The lowest BCUT2D eigenvalue weighted by molar-refractivity contribution is 0.0992. The highest BCUT2D eigenvalue weighted by atomic mass is 16.1. The van der Waals surface area contributed by atoms with Gasteiger partial charge in [-0.2, -0.15) is 0 Å². The van der Waals surface area contributed by atoms with E-state index in [-0.39, 0.29) is 12.0 Å². The minimum Gasteiger partial charge on any atom is -0.357 e. The molecular formula is C24H24N6O. The van der Waals surface area contributed by atoms with Gasteiger partial charge >= 0.3 is 0 Å². The molecule has 0 aliphatic carbocycles. The Morgan fingerprint density at radius 2 is 1.94 bits per heavy atom. The lowest BCUT2D eigenvalue weighted by Gasteiger charge is -2.16. The number of nitrogens with zero attached hydrogens (tertiary/aromatic N) is 6. The second kappa shape index (κ2) is 7.91. The lowest BCUT2D eigenvalue weighted by Crippen LogP contribution is -2.19. The van der Waals surface area contributed by atoms with Crippen molar-refractivity contribution in [2.24, 2.45) is 7.05 Å². The molecule has 5 rings (SSSR count). The standard InChI is InChI=1S/C24H24N6O/c1-16-26-15-22(29(16)2)20-6-5-18-14-27-19(12-21(18)28-20)13-23(31)17-7-8-25-24(11-17)30-9-3-4-10-30/h5-8,11-12,14-15H,3-4,9-10,13H2,1-2H3/i3D2,4D2,9D2,10D2. The maximum atomic E-state index is 13.2. The van der Waals surface area contributed by atoms with E-state index in [1.807, 2.05) is 30.7 Å². The summed E-state index contributed by atoms with van der Waals surface area (Å²) < 4.78 is 66.7. The monoisotopic (exact) mass is 420 g/mol. The summed E-state index contributed by atoms with van der Waals surface area (Å²) >= 11 is 0. The van der Waals surface area contributed by atoms with Crippen LogP contribution in [-0.4, -0.2) is 43.3 Å². The summed E-state index contributed by atoms with van der Waals surface area (Å²) in [4.78, 5) is 30.8. The molecule has 4 aromatic rings. The van der Waals surface area contributed by atoms with Gasteiger partial charge in [0.2, 0.25) is 0 Å². The topological polar surface area (TPSA) is 76.8 Å². The van der Waals surface area contributed by atoms with Crippen LogP contribution in [0.2, 0.25) is 0 Å². The van der Waals surface area contributed by atoms with Crippen molar-refractivity contribution in [1.82, 2.24) is 24.5 Å². The molecule has 0 bridgehead atoms. The van der Waals surface area contributed by atoms with E-state index >= 15 is 0 Å². The van der Waals surface area contributed by atoms with E-state index in [1.165, 1.54) is 12.3 Å². The molecule has 1 aliphatic rings. The van der Waals surface area contributed by atoms with Crippen molar-refractivity contribution in [1.29, 1.82) is 0 Å². The number of imidazole rings is 1. The number of hydrogen-bond acceptors (Lipinski definition) is 6. The third-order valence-corrected chi connectivity index (χ3v) is 5.15. The molecular weight excluding hydrogens is 388 g/mol. The molecule has 7 nitrogen and oxygen atoms in total. The van der Waals surface area contributed by atoms with E-state index in [4.69, 9.17) is 16.0 Å². The highest BCUT2D eigenvalue weighted by Crippen LogP contribution is 2.23. The number of carbonyl (C=O) groups excluding carboxylic acids is 1. The second-order valence-corrected chi connectivity index (χ2v) is 7.13. The van der Waals surface area contributed by atoms with Crippen molar-refractivity contribution in [3.05, 3.63) is 66.0 Å². The zero-order chi connectivity index (χ0) is 28.5. The number of carbonyl (C=O) groups is 1. The van der Waals surface area contributed by atoms with Crippen LogP contribution < -0.4 is 4.90 Å². The Labute approximate surface area is 192 Å². The summed E-state index contributed by atoms with van der Waals surface area (Å²) in [5.74, 6) is 0.0209. The van der Waals surface area contributed by atoms with Gasteiger partial charge in [-0.15, -0.1) is 0 Å². The zero-order valence-electron chi connectivity index (χ0n) is 24.9. The van der Waals surface area contributed by atoms with E-state index in [1.54, 1.807) is 18.5 Å². The molecule has 0 aromatic carbocycles. The smallest absolute Gasteiger partial charge is 0.169 e. The van der Waals surface area contributed by atoms with Crippen LogP contribution in [0, 0.1) is 6.92 Å². The molecule has 0 unspecified atom stereocenters. The van der Waals surface area contributed by atoms with Crippen LogP contribution >= 0.6 is 0 Å². The van der Waals surface area contributed by atoms with Crippen molar-refractivity contribution in [3.8, 4) is 11.4 Å². The second-order valence-electron chi connectivity index (χ2n) is 7.13. The van der Waals surface area contributed by atoms with E-state index in [0.717, 1.165) is 23.0 Å². The summed E-state index contributed by atoms with van der Waals surface area (Å²) in [5.41, 5.74) is 2.66. The largest absolute Gasteiger partial charge is 0.357 e. The molecule has 0 atom stereocenters. The van der Waals surface area contributed by atoms with E-state index in [9.17, 15) is 4.79 Å². The van der Waals surface area contributed by atoms with Crippen LogP contribution in [-0.2, 0) is 13.5 Å². The highest BCUT2D eigenvalue weighted by Gasteiger charge is 2.16. The molecule has 4 aromatic heterocycles. The van der Waals surface area contributed by atoms with Crippen LogP contribution in [0.5, 0.6) is 0 Å². The molecule has 0 saturated carbocycles. The number of fused-ring (bicyclic) bond motifs is 1. The van der Waals surface area contributed by atoms with Gasteiger partial charge in [-0.1, -0.05) is 0 Å². The number of anilines is 1. The Kier molecular flexibility index (Phi) is 3.14. The first-order valence-electron chi connectivity index (χ1n) is 13.6. The summed E-state index contributed by atoms with van der Waals surface area (Å²) in [7, 11) is 1.89. The fourth-order valence-electron chi connectivity index (χ4n) is 3.33. The van der Waals surface area contributed by atoms with Gasteiger partial charge in [0.25, 0.3) is 0 Å². The summed E-state index contributed by atoms with van der Waals surface area (Å²) in [5, 5.41) is 0.780. The predicted octanol–water partition coefficient (Wildman–Crippen LogP) is 3.76. The molecule has 1 fully saturated rings. The first-order valence-corrected chi connectivity index (χ1v) is 9.63. The van der Waals surface area contributed by atoms with Gasteiger partial charge in [0.05, 0.1) is 35.2 Å². The SMILES string of the molecule is [2H]C1([2H])N(c2cc(C(=O)Cc3cc4nc(-c5cnc(C)n5C)ccc4cn3)ccn2)C([2H])([2H])C([2H])([2H])C1([2H])[2H]. The third kappa shape index (κ3) is 3.79. The van der Waals surface area contributed by atoms with Crippen molar-refractivity contribution in [2.45, 2.75) is 26.1 Å². The quantitative estimate of drug-likeness (QED) is 0.458. The number of hydrogen-bond donors (Lipinski definition) is 0. The van der Waals surface area contributed by atoms with Gasteiger partial charge in [-0.05, 0) is 50.0 Å². The van der Waals surface area contributed by atoms with Crippen LogP contribution in [0.4, 0.5) is 5.82 Å². The molecule has 1 saturated heterocycles. The molecule has 31 heavy (non-hydrogen) atoms. The van der Waals surface area contributed by atoms with Gasteiger partial charge in [-0.25, -0.2) is 15.0 Å². The maximum absolute atomic E-state index is 13.2. The lowest BCUT2D eigenvalue weighted by atomic mass is 10.1. The zero-order valence-corrected chi connectivity index (χ0v) is 16.9. The van der Waals surface area contributed by atoms with E-state index in [0.29, 0.717) is 21.8 Å². The van der Waals surface area contributed by atoms with Gasteiger partial charge < -0.3 is 9.47 Å². The van der Waals surface area contributed by atoms with Crippen molar-refractivity contribution >= 4 is 22.5 Å². The van der Waals surface area contributed by atoms with Gasteiger partial charge in [0, 0.05) is 54.4 Å². The van der Waals surface area contributed by atoms with Gasteiger partial charge in [0.1, 0.15) is 11.6 Å². The number of aromatic nitrogens is 5. The molecule has 0 spiro atoms. The maximum Gasteiger partial charge on any atom is 0.169 e. The predicted molar refractivity (Wildman–Crippen MR) is 120 cm³/mol. The summed E-state index contributed by atoms with van der Waals surface area (Å²) in [6, 6.07) is 7.95. The van der Waals surface area contributed by atoms with Crippen LogP contribution in [0.1, 0.15) is 45.6 Å². The van der Waals surface area contributed by atoms with Gasteiger partial charge in [-0.3, -0.25) is 9.78 Å². The van der Waals surface area contributed by atoms with Crippen LogP contribution in [0.25, 0.3) is 22.3 Å². The Balaban J connectivity index is 1.45. The first-order chi connectivity index (χ1) is 18.1. The van der Waals surface area contributed by atoms with Crippen LogP contribution in [0.15, 0.2) is 48.9 Å². The Bertz CT molecular complexity index is 1590. The number of pyridine rings is 3. The van der Waals surface area contributed by atoms with E-state index < -0.39 is 37.3 Å². The average molecular weight is 421 g/mol. The number of ketones is 1. The Hall–Kier alpha value is -3.61. The number of aryl methyl sites for hydroxylation is 1. The van der Waals surface area contributed by atoms with Crippen molar-refractivity contribution in [3.63, 3.8) is 0 Å². The minimum absolute atomic E-state index is 0.0635. The molecule has 0 amide bonds. The number of Topliss-reactive ketones (excluding diaryl/α,β-unsaturated/α-hetero) is 1.